The molecule has 0 heterocycles. The van der Waals surface area contributed by atoms with Gasteiger partial charge in [0, 0.05) is 30.8 Å². The molecule has 0 saturated carbocycles. The molecule has 1 aromatic rings. The van der Waals surface area contributed by atoms with E-state index in [4.69, 9.17) is 0 Å². The van der Waals surface area contributed by atoms with Gasteiger partial charge in [-0.25, -0.2) is 0 Å². The van der Waals surface area contributed by atoms with E-state index in [1.54, 1.807) is 12.1 Å². The van der Waals surface area contributed by atoms with Crippen LogP contribution in [0.5, 0.6) is 0 Å². The summed E-state index contributed by atoms with van der Waals surface area (Å²) >= 11 is 0. The predicted molar refractivity (Wildman–Crippen MR) is 89.7 cm³/mol. The zero-order chi connectivity index (χ0) is 16.8. The molecule has 0 bridgehead atoms. The van der Waals surface area contributed by atoms with Gasteiger partial charge in [-0.3, -0.25) is 20.4 Å². The number of rotatable bonds is 5. The van der Waals surface area contributed by atoms with Gasteiger partial charge in [0.2, 0.25) is 5.91 Å². The molecule has 1 aromatic carbocycles. The molecule has 0 aromatic heterocycles. The number of hydrogen-bond acceptors (Lipinski definition) is 3. The van der Waals surface area contributed by atoms with E-state index in [9.17, 15) is 9.59 Å². The first-order valence-electron chi connectivity index (χ1n) is 7.71. The number of nitrogens with one attached hydrogen (secondary N) is 2. The molecular formula is C17H27N3O2. The molecule has 0 aliphatic heterocycles. The van der Waals surface area contributed by atoms with E-state index in [1.165, 1.54) is 0 Å². The van der Waals surface area contributed by atoms with Gasteiger partial charge in [0.25, 0.3) is 5.91 Å². The Morgan fingerprint density at radius 3 is 2.00 bits per heavy atom. The van der Waals surface area contributed by atoms with Gasteiger partial charge in [0.05, 0.1) is 0 Å². The Morgan fingerprint density at radius 2 is 1.55 bits per heavy atom. The Bertz CT molecular complexity index is 500. The molecule has 0 aliphatic carbocycles. The van der Waals surface area contributed by atoms with Crippen LogP contribution in [0.3, 0.4) is 0 Å². The molecule has 2 amide bonds. The first-order valence-corrected chi connectivity index (χ1v) is 7.71. The lowest BCUT2D eigenvalue weighted by atomic mass is 9.92. The second-order valence-corrected chi connectivity index (χ2v) is 6.46. The minimum absolute atomic E-state index is 0.111. The van der Waals surface area contributed by atoms with Gasteiger partial charge in [-0.05, 0) is 43.5 Å². The van der Waals surface area contributed by atoms with Gasteiger partial charge in [0.1, 0.15) is 0 Å². The van der Waals surface area contributed by atoms with Gasteiger partial charge in [-0.1, -0.05) is 20.8 Å². The van der Waals surface area contributed by atoms with Gasteiger partial charge >= 0.3 is 0 Å². The number of hydrazine groups is 1. The maximum Gasteiger partial charge on any atom is 0.269 e. The maximum atomic E-state index is 12.0. The van der Waals surface area contributed by atoms with Crippen LogP contribution in [0.25, 0.3) is 0 Å². The molecule has 5 nitrogen and oxygen atoms in total. The molecule has 0 aliphatic rings. The largest absolute Gasteiger partial charge is 0.372 e. The zero-order valence-corrected chi connectivity index (χ0v) is 14.2. The zero-order valence-electron chi connectivity index (χ0n) is 14.2. The Kier molecular flexibility index (Phi) is 6.40. The second kappa shape index (κ2) is 7.82. The molecule has 122 valence electrons. The third kappa shape index (κ3) is 5.76. The first kappa shape index (κ1) is 18.0. The molecule has 0 spiro atoms. The molecule has 1 rings (SSSR count). The molecule has 0 fully saturated rings. The van der Waals surface area contributed by atoms with Crippen LogP contribution in [0.1, 0.15) is 51.4 Å². The van der Waals surface area contributed by atoms with Crippen molar-refractivity contribution in [2.45, 2.75) is 41.0 Å². The normalized spacial score (nSPS) is 11.0. The van der Waals surface area contributed by atoms with Crippen molar-refractivity contribution in [3.05, 3.63) is 29.8 Å². The van der Waals surface area contributed by atoms with Crippen molar-refractivity contribution in [1.82, 2.24) is 10.9 Å². The van der Waals surface area contributed by atoms with Crippen molar-refractivity contribution in [1.29, 1.82) is 0 Å². The third-order valence-corrected chi connectivity index (χ3v) is 3.26. The van der Waals surface area contributed by atoms with Crippen LogP contribution in [-0.4, -0.2) is 24.9 Å². The van der Waals surface area contributed by atoms with E-state index in [1.807, 2.05) is 32.9 Å². The Hall–Kier alpha value is -2.04. The number of benzene rings is 1. The lowest BCUT2D eigenvalue weighted by Crippen LogP contribution is -2.42. The standard InChI is InChI=1S/C17H27N3O2/c1-6-20(7-2)14-10-8-13(9-11-14)16(22)19-18-15(21)12-17(3,4)5/h8-11H,6-7,12H2,1-5H3,(H,18,21)(H,19,22). The van der Waals surface area contributed by atoms with Crippen molar-refractivity contribution in [3.63, 3.8) is 0 Å². The Morgan fingerprint density at radius 1 is 1.00 bits per heavy atom. The smallest absolute Gasteiger partial charge is 0.269 e. The summed E-state index contributed by atoms with van der Waals surface area (Å²) < 4.78 is 0. The second-order valence-electron chi connectivity index (χ2n) is 6.46. The highest BCUT2D eigenvalue weighted by atomic mass is 16.2. The Balaban J connectivity index is 2.58. The van der Waals surface area contributed by atoms with Crippen molar-refractivity contribution >= 4 is 17.5 Å². The van der Waals surface area contributed by atoms with Crippen LogP contribution in [0.2, 0.25) is 0 Å². The minimum atomic E-state index is -0.312. The van der Waals surface area contributed by atoms with Crippen molar-refractivity contribution < 1.29 is 9.59 Å². The number of carbonyl (C=O) groups excluding carboxylic acids is 2. The summed E-state index contributed by atoms with van der Waals surface area (Å²) in [5.74, 6) is -0.506. The average molecular weight is 305 g/mol. The molecule has 0 saturated heterocycles. The average Bonchev–Trinajstić information content (AvgIpc) is 2.45. The quantitative estimate of drug-likeness (QED) is 0.822. The van der Waals surface area contributed by atoms with E-state index in [0.717, 1.165) is 18.8 Å². The SMILES string of the molecule is CCN(CC)c1ccc(C(=O)NNC(=O)CC(C)(C)C)cc1. The topological polar surface area (TPSA) is 61.4 Å². The van der Waals surface area contributed by atoms with Crippen LogP contribution in [0, 0.1) is 5.41 Å². The third-order valence-electron chi connectivity index (χ3n) is 3.26. The summed E-state index contributed by atoms with van der Waals surface area (Å²) in [6, 6.07) is 7.36. The highest BCUT2D eigenvalue weighted by Crippen LogP contribution is 2.17. The molecule has 0 radical (unpaired) electrons. The summed E-state index contributed by atoms with van der Waals surface area (Å²) in [7, 11) is 0. The van der Waals surface area contributed by atoms with Crippen LogP contribution >= 0.6 is 0 Å². The number of nitrogens with zero attached hydrogens (tertiary/aromatic N) is 1. The van der Waals surface area contributed by atoms with Gasteiger partial charge in [0.15, 0.2) is 0 Å². The fourth-order valence-electron chi connectivity index (χ4n) is 2.14. The summed E-state index contributed by atoms with van der Waals surface area (Å²) in [4.78, 5) is 25.9. The van der Waals surface area contributed by atoms with E-state index in [2.05, 4.69) is 29.6 Å². The van der Waals surface area contributed by atoms with E-state index < -0.39 is 0 Å². The van der Waals surface area contributed by atoms with Gasteiger partial charge in [-0.2, -0.15) is 0 Å². The first-order chi connectivity index (χ1) is 10.3. The van der Waals surface area contributed by atoms with Crippen LogP contribution in [0.4, 0.5) is 5.69 Å². The van der Waals surface area contributed by atoms with Crippen molar-refractivity contribution in [2.24, 2.45) is 5.41 Å². The fraction of sp³-hybridized carbons (Fsp3) is 0.529. The predicted octanol–water partition coefficient (Wildman–Crippen LogP) is 2.73. The van der Waals surface area contributed by atoms with Gasteiger partial charge < -0.3 is 4.90 Å². The molecule has 0 unspecified atom stereocenters. The minimum Gasteiger partial charge on any atom is -0.372 e. The van der Waals surface area contributed by atoms with E-state index in [-0.39, 0.29) is 17.2 Å². The number of carbonyl (C=O) groups is 2. The molecule has 22 heavy (non-hydrogen) atoms. The monoisotopic (exact) mass is 305 g/mol. The molecule has 2 N–H and O–H groups in total. The lowest BCUT2D eigenvalue weighted by molar-refractivity contribution is -0.123. The van der Waals surface area contributed by atoms with Crippen LogP contribution in [-0.2, 0) is 4.79 Å². The lowest BCUT2D eigenvalue weighted by Gasteiger charge is -2.21. The summed E-state index contributed by atoms with van der Waals surface area (Å²) in [5.41, 5.74) is 6.39. The summed E-state index contributed by atoms with van der Waals surface area (Å²) in [6.45, 7) is 11.9. The van der Waals surface area contributed by atoms with Crippen molar-refractivity contribution in [2.75, 3.05) is 18.0 Å². The molecule has 0 atom stereocenters. The van der Waals surface area contributed by atoms with E-state index >= 15 is 0 Å². The molecular weight excluding hydrogens is 278 g/mol. The fourth-order valence-corrected chi connectivity index (χ4v) is 2.14. The van der Waals surface area contributed by atoms with Crippen LogP contribution < -0.4 is 15.8 Å². The number of hydrogen-bond donors (Lipinski definition) is 2. The van der Waals surface area contributed by atoms with Crippen molar-refractivity contribution in [3.8, 4) is 0 Å². The van der Waals surface area contributed by atoms with E-state index in [0.29, 0.717) is 12.0 Å². The molecule has 5 heteroatoms. The maximum absolute atomic E-state index is 12.0. The van der Waals surface area contributed by atoms with Crippen LogP contribution in [0.15, 0.2) is 24.3 Å². The Labute approximate surface area is 133 Å². The highest BCUT2D eigenvalue weighted by Gasteiger charge is 2.16. The summed E-state index contributed by atoms with van der Waals surface area (Å²) in [6.07, 6.45) is 0.355. The highest BCUT2D eigenvalue weighted by molar-refractivity contribution is 5.95. The number of anilines is 1. The van der Waals surface area contributed by atoms with Gasteiger partial charge in [-0.15, -0.1) is 0 Å². The summed E-state index contributed by atoms with van der Waals surface area (Å²) in [5, 5.41) is 0. The number of amides is 2.